The minimum Gasteiger partial charge on any atom is -0.486 e. The molecule has 32 heavy (non-hydrogen) atoms. The van der Waals surface area contributed by atoms with Crippen LogP contribution in [0, 0.1) is 10.1 Å². The van der Waals surface area contributed by atoms with Crippen molar-refractivity contribution in [3.05, 3.63) is 70.0 Å². The fraction of sp³-hybridized carbons (Fsp3) is 0.211. The van der Waals surface area contributed by atoms with Gasteiger partial charge in [-0.25, -0.2) is 0 Å². The molecule has 3 rings (SSSR count). The Morgan fingerprint density at radius 3 is 2.69 bits per heavy atom. The molecule has 0 saturated carbocycles. The van der Waals surface area contributed by atoms with Gasteiger partial charge in [-0.1, -0.05) is 23.9 Å². The van der Waals surface area contributed by atoms with Crippen LogP contribution in [-0.4, -0.2) is 31.3 Å². The lowest BCUT2D eigenvalue weighted by molar-refractivity contribution is -0.384. The minimum atomic E-state index is -4.47. The first-order valence-electron chi connectivity index (χ1n) is 8.99. The van der Waals surface area contributed by atoms with Crippen LogP contribution in [-0.2, 0) is 24.6 Å². The zero-order valence-electron chi connectivity index (χ0n) is 16.5. The number of nitro benzene ring substituents is 1. The number of carbonyl (C=O) groups excluding carboxylic acids is 1. The summed E-state index contributed by atoms with van der Waals surface area (Å²) in [5, 5.41) is 21.6. The molecule has 0 unspecified atom stereocenters. The van der Waals surface area contributed by atoms with Crippen molar-refractivity contribution in [1.82, 2.24) is 14.8 Å². The molecule has 0 radical (unpaired) electrons. The summed E-state index contributed by atoms with van der Waals surface area (Å²) in [4.78, 5) is 22.4. The number of aromatic nitrogens is 3. The van der Waals surface area contributed by atoms with Gasteiger partial charge in [-0.2, -0.15) is 13.2 Å². The molecule has 0 aliphatic heterocycles. The molecule has 1 heterocycles. The van der Waals surface area contributed by atoms with E-state index in [1.165, 1.54) is 36.4 Å². The number of thioether (sulfide) groups is 1. The molecule has 1 amide bonds. The predicted molar refractivity (Wildman–Crippen MR) is 109 cm³/mol. The Morgan fingerprint density at radius 2 is 1.97 bits per heavy atom. The molecule has 0 fully saturated rings. The van der Waals surface area contributed by atoms with Crippen molar-refractivity contribution < 1.29 is 27.6 Å². The van der Waals surface area contributed by atoms with Crippen molar-refractivity contribution >= 4 is 29.0 Å². The van der Waals surface area contributed by atoms with Crippen LogP contribution in [0.1, 0.15) is 11.4 Å². The topological polar surface area (TPSA) is 112 Å². The number of anilines is 1. The molecule has 0 saturated heterocycles. The normalized spacial score (nSPS) is 11.2. The molecule has 0 spiro atoms. The lowest BCUT2D eigenvalue weighted by Gasteiger charge is -2.10. The Kier molecular flexibility index (Phi) is 6.98. The number of nitrogens with zero attached hydrogens (tertiary/aromatic N) is 4. The summed E-state index contributed by atoms with van der Waals surface area (Å²) in [7, 11) is 1.63. The largest absolute Gasteiger partial charge is 0.486 e. The van der Waals surface area contributed by atoms with E-state index in [2.05, 4.69) is 15.5 Å². The zero-order chi connectivity index (χ0) is 23.3. The molecule has 0 aliphatic carbocycles. The maximum absolute atomic E-state index is 12.8. The fourth-order valence-corrected chi connectivity index (χ4v) is 3.26. The van der Waals surface area contributed by atoms with Gasteiger partial charge in [0.25, 0.3) is 5.69 Å². The quantitative estimate of drug-likeness (QED) is 0.302. The summed E-state index contributed by atoms with van der Waals surface area (Å²) in [6, 6.07) is 10.0. The average Bonchev–Trinajstić information content (AvgIpc) is 3.10. The van der Waals surface area contributed by atoms with Gasteiger partial charge in [0.15, 0.2) is 11.0 Å². The van der Waals surface area contributed by atoms with E-state index in [0.29, 0.717) is 11.0 Å². The van der Waals surface area contributed by atoms with E-state index in [1.807, 2.05) is 0 Å². The molecule has 9 nitrogen and oxygen atoms in total. The highest BCUT2D eigenvalue weighted by Gasteiger charge is 2.30. The highest BCUT2D eigenvalue weighted by Crippen LogP contribution is 2.31. The van der Waals surface area contributed by atoms with Gasteiger partial charge < -0.3 is 14.6 Å². The van der Waals surface area contributed by atoms with E-state index < -0.39 is 22.6 Å². The summed E-state index contributed by atoms with van der Waals surface area (Å²) in [5.74, 6) is -0.0546. The summed E-state index contributed by atoms with van der Waals surface area (Å²) in [5.41, 5.74) is -0.675. The van der Waals surface area contributed by atoms with E-state index >= 15 is 0 Å². The SMILES string of the molecule is Cn1c(COc2cccc(C(F)(F)F)c2)nnc1SCC(=O)Nc1cccc([N+](=O)[O-])c1. The number of hydrogen-bond donors (Lipinski definition) is 1. The van der Waals surface area contributed by atoms with Crippen LogP contribution in [0.5, 0.6) is 5.75 Å². The summed E-state index contributed by atoms with van der Waals surface area (Å²) >= 11 is 1.07. The van der Waals surface area contributed by atoms with Gasteiger partial charge in [-0.3, -0.25) is 14.9 Å². The summed E-state index contributed by atoms with van der Waals surface area (Å²) in [6.45, 7) is -0.120. The molecule has 2 aromatic carbocycles. The third-order valence-corrected chi connectivity index (χ3v) is 5.15. The number of benzene rings is 2. The summed E-state index contributed by atoms with van der Waals surface area (Å²) in [6.07, 6.45) is -4.47. The lowest BCUT2D eigenvalue weighted by atomic mass is 10.2. The van der Waals surface area contributed by atoms with Crippen molar-refractivity contribution in [1.29, 1.82) is 0 Å². The number of nitrogens with one attached hydrogen (secondary N) is 1. The molecule has 13 heteroatoms. The van der Waals surface area contributed by atoms with Gasteiger partial charge in [0, 0.05) is 24.9 Å². The van der Waals surface area contributed by atoms with Crippen LogP contribution < -0.4 is 10.1 Å². The summed E-state index contributed by atoms with van der Waals surface area (Å²) < 4.78 is 45.3. The van der Waals surface area contributed by atoms with E-state index in [4.69, 9.17) is 4.74 Å². The van der Waals surface area contributed by atoms with Crippen LogP contribution in [0.3, 0.4) is 0 Å². The molecule has 3 aromatic rings. The van der Waals surface area contributed by atoms with Crippen molar-refractivity contribution in [2.45, 2.75) is 17.9 Å². The van der Waals surface area contributed by atoms with Crippen molar-refractivity contribution in [3.63, 3.8) is 0 Å². The number of nitro groups is 1. The number of carbonyl (C=O) groups is 1. The Balaban J connectivity index is 1.55. The van der Waals surface area contributed by atoms with Gasteiger partial charge in [0.2, 0.25) is 5.91 Å². The van der Waals surface area contributed by atoms with Gasteiger partial charge in [0.05, 0.1) is 16.2 Å². The van der Waals surface area contributed by atoms with Crippen LogP contribution in [0.4, 0.5) is 24.5 Å². The Labute approximate surface area is 183 Å². The second kappa shape index (κ2) is 9.68. The molecule has 168 valence electrons. The third-order valence-electron chi connectivity index (χ3n) is 4.13. The van der Waals surface area contributed by atoms with Gasteiger partial charge in [-0.05, 0) is 24.3 Å². The van der Waals surface area contributed by atoms with Crippen LogP contribution in [0.15, 0.2) is 53.7 Å². The third kappa shape index (κ3) is 5.97. The van der Waals surface area contributed by atoms with Crippen molar-refractivity contribution in [2.75, 3.05) is 11.1 Å². The molecule has 0 aliphatic rings. The van der Waals surface area contributed by atoms with Gasteiger partial charge in [0.1, 0.15) is 12.4 Å². The Bertz CT molecular complexity index is 1140. The number of alkyl halides is 3. The first-order chi connectivity index (χ1) is 15.1. The lowest BCUT2D eigenvalue weighted by Crippen LogP contribution is -2.14. The van der Waals surface area contributed by atoms with Crippen LogP contribution >= 0.6 is 11.8 Å². The van der Waals surface area contributed by atoms with E-state index in [9.17, 15) is 28.1 Å². The molecule has 1 N–H and O–H groups in total. The number of halogens is 3. The second-order valence-electron chi connectivity index (χ2n) is 6.42. The van der Waals surface area contributed by atoms with Crippen LogP contribution in [0.2, 0.25) is 0 Å². The minimum absolute atomic E-state index is 0.0355. The number of amides is 1. The van der Waals surface area contributed by atoms with Crippen molar-refractivity contribution in [2.24, 2.45) is 7.05 Å². The molecule has 0 atom stereocenters. The molecular formula is C19H16F3N5O4S. The standard InChI is InChI=1S/C19H16F3N5O4S/c1-26-16(10-31-15-7-2-4-12(8-15)19(20,21)22)24-25-18(26)32-11-17(28)23-13-5-3-6-14(9-13)27(29)30/h2-9H,10-11H2,1H3,(H,23,28). The van der Waals surface area contributed by atoms with Gasteiger partial charge >= 0.3 is 6.18 Å². The van der Waals surface area contributed by atoms with Crippen molar-refractivity contribution in [3.8, 4) is 5.75 Å². The average molecular weight is 467 g/mol. The fourth-order valence-electron chi connectivity index (χ4n) is 2.53. The first kappa shape index (κ1) is 23.1. The number of non-ortho nitro benzene ring substituents is 1. The molecule has 1 aromatic heterocycles. The van der Waals surface area contributed by atoms with E-state index in [1.54, 1.807) is 11.6 Å². The predicted octanol–water partition coefficient (Wildman–Crippen LogP) is 4.05. The Hall–Kier alpha value is -3.61. The van der Waals surface area contributed by atoms with E-state index in [0.717, 1.165) is 23.9 Å². The first-order valence-corrected chi connectivity index (χ1v) is 9.97. The zero-order valence-corrected chi connectivity index (χ0v) is 17.3. The maximum Gasteiger partial charge on any atom is 0.416 e. The molecular weight excluding hydrogens is 451 g/mol. The van der Waals surface area contributed by atoms with Crippen LogP contribution in [0.25, 0.3) is 0 Å². The maximum atomic E-state index is 12.8. The molecule has 0 bridgehead atoms. The Morgan fingerprint density at radius 1 is 1.22 bits per heavy atom. The highest BCUT2D eigenvalue weighted by molar-refractivity contribution is 7.99. The highest BCUT2D eigenvalue weighted by atomic mass is 32.2. The monoisotopic (exact) mass is 467 g/mol. The number of rotatable bonds is 8. The number of ether oxygens (including phenoxy) is 1. The smallest absolute Gasteiger partial charge is 0.416 e. The van der Waals surface area contributed by atoms with E-state index in [-0.39, 0.29) is 29.5 Å². The van der Waals surface area contributed by atoms with Gasteiger partial charge in [-0.15, -0.1) is 10.2 Å². The second-order valence-corrected chi connectivity index (χ2v) is 7.36. The number of hydrogen-bond acceptors (Lipinski definition) is 7.